The first-order chi connectivity index (χ1) is 14.8. The predicted molar refractivity (Wildman–Crippen MR) is 123 cm³/mol. The fraction of sp³-hybridized carbons (Fsp3) is 0.208. The van der Waals surface area contributed by atoms with Gasteiger partial charge >= 0.3 is 0 Å². The van der Waals surface area contributed by atoms with Crippen LogP contribution in [-0.2, 0) is 9.59 Å². The molecule has 3 aromatic rings. The van der Waals surface area contributed by atoms with Crippen molar-refractivity contribution in [3.63, 3.8) is 0 Å². The number of anilines is 2. The molecule has 7 heteroatoms. The molecule has 31 heavy (non-hydrogen) atoms. The fourth-order valence-corrected chi connectivity index (χ4v) is 4.07. The highest BCUT2D eigenvalue weighted by molar-refractivity contribution is 7.14. The van der Waals surface area contributed by atoms with Crippen molar-refractivity contribution >= 4 is 40.0 Å². The number of halogens is 1. The van der Waals surface area contributed by atoms with Crippen molar-refractivity contribution < 1.29 is 14.0 Å². The van der Waals surface area contributed by atoms with Gasteiger partial charge in [-0.25, -0.2) is 9.37 Å². The van der Waals surface area contributed by atoms with Gasteiger partial charge in [-0.1, -0.05) is 35.9 Å². The van der Waals surface area contributed by atoms with Gasteiger partial charge in [-0.15, -0.1) is 11.3 Å². The van der Waals surface area contributed by atoms with Crippen molar-refractivity contribution in [3.8, 4) is 0 Å². The third-order valence-corrected chi connectivity index (χ3v) is 5.62. The summed E-state index contributed by atoms with van der Waals surface area (Å²) in [5, 5.41) is 5.00. The van der Waals surface area contributed by atoms with Gasteiger partial charge in [-0.2, -0.15) is 0 Å². The molecule has 1 N–H and O–H groups in total. The summed E-state index contributed by atoms with van der Waals surface area (Å²) in [5.74, 6) is -1.11. The van der Waals surface area contributed by atoms with Crippen LogP contribution < -0.4 is 10.2 Å². The number of aromatic nitrogens is 1. The Morgan fingerprint density at radius 3 is 2.65 bits per heavy atom. The molecule has 2 amide bonds. The van der Waals surface area contributed by atoms with Crippen LogP contribution in [0.15, 0.2) is 53.9 Å². The average molecular weight is 438 g/mol. The molecule has 160 valence electrons. The van der Waals surface area contributed by atoms with Crippen molar-refractivity contribution in [3.05, 3.63) is 82.1 Å². The molecular formula is C24H24FN3O2S. The SMILES string of the molecule is CC(=O)N(c1nc(/C=C/C(=O)NC(C)c2cc(C)ccc2C)cs1)c1ccccc1F. The Labute approximate surface area is 185 Å². The number of para-hydroxylation sites is 1. The number of nitrogens with zero attached hydrogens (tertiary/aromatic N) is 2. The first-order valence-corrected chi connectivity index (χ1v) is 10.7. The third-order valence-electron chi connectivity index (χ3n) is 4.77. The van der Waals surface area contributed by atoms with Crippen molar-refractivity contribution in [1.82, 2.24) is 10.3 Å². The minimum Gasteiger partial charge on any atom is -0.346 e. The van der Waals surface area contributed by atoms with Crippen LogP contribution in [0.5, 0.6) is 0 Å². The van der Waals surface area contributed by atoms with Crippen LogP contribution in [0.3, 0.4) is 0 Å². The highest BCUT2D eigenvalue weighted by atomic mass is 32.1. The van der Waals surface area contributed by atoms with Gasteiger partial charge in [0, 0.05) is 18.4 Å². The summed E-state index contributed by atoms with van der Waals surface area (Å²) in [6.45, 7) is 7.32. The third kappa shape index (κ3) is 5.44. The van der Waals surface area contributed by atoms with Crippen molar-refractivity contribution in [2.45, 2.75) is 33.7 Å². The van der Waals surface area contributed by atoms with Crippen LogP contribution in [0.4, 0.5) is 15.2 Å². The number of carbonyl (C=O) groups is 2. The van der Waals surface area contributed by atoms with E-state index >= 15 is 0 Å². The number of thiazole rings is 1. The summed E-state index contributed by atoms with van der Waals surface area (Å²) in [6, 6.07) is 12.0. The van der Waals surface area contributed by atoms with E-state index in [1.165, 1.54) is 41.4 Å². The minimum absolute atomic E-state index is 0.139. The van der Waals surface area contributed by atoms with E-state index in [4.69, 9.17) is 0 Å². The Bertz CT molecular complexity index is 1140. The maximum atomic E-state index is 14.2. The fourth-order valence-electron chi connectivity index (χ4n) is 3.22. The van der Waals surface area contributed by atoms with Gasteiger partial charge in [-0.05, 0) is 50.1 Å². The molecule has 0 aliphatic rings. The summed E-state index contributed by atoms with van der Waals surface area (Å²) >= 11 is 1.20. The predicted octanol–water partition coefficient (Wildman–Crippen LogP) is 5.47. The lowest BCUT2D eigenvalue weighted by molar-refractivity contribution is -0.117. The average Bonchev–Trinajstić information content (AvgIpc) is 3.18. The standard InChI is InChI=1S/C24H24FN3O2S/c1-15-9-10-16(2)20(13-15)17(3)26-23(30)12-11-19-14-31-24(27-19)28(18(4)29)22-8-6-5-7-21(22)25/h5-14,17H,1-4H3,(H,26,30)/b12-11+. The minimum atomic E-state index is -0.509. The lowest BCUT2D eigenvalue weighted by Crippen LogP contribution is -2.25. The number of amides is 2. The maximum Gasteiger partial charge on any atom is 0.244 e. The van der Waals surface area contributed by atoms with E-state index in [0.717, 1.165) is 16.7 Å². The van der Waals surface area contributed by atoms with Crippen LogP contribution in [0, 0.1) is 19.7 Å². The molecule has 1 atom stereocenters. The molecule has 0 bridgehead atoms. The van der Waals surface area contributed by atoms with Gasteiger partial charge in [0.15, 0.2) is 5.13 Å². The molecule has 5 nitrogen and oxygen atoms in total. The van der Waals surface area contributed by atoms with Gasteiger partial charge in [0.1, 0.15) is 5.82 Å². The molecule has 1 unspecified atom stereocenters. The Morgan fingerprint density at radius 2 is 1.94 bits per heavy atom. The zero-order valence-electron chi connectivity index (χ0n) is 17.8. The Morgan fingerprint density at radius 1 is 1.19 bits per heavy atom. The van der Waals surface area contributed by atoms with Crippen LogP contribution in [0.25, 0.3) is 6.08 Å². The van der Waals surface area contributed by atoms with Gasteiger partial charge in [0.05, 0.1) is 17.4 Å². The first kappa shape index (κ1) is 22.4. The summed E-state index contributed by atoms with van der Waals surface area (Å²) in [7, 11) is 0. The molecule has 0 aliphatic carbocycles. The van der Waals surface area contributed by atoms with E-state index in [-0.39, 0.29) is 23.5 Å². The zero-order chi connectivity index (χ0) is 22.5. The first-order valence-electron chi connectivity index (χ1n) is 9.82. The number of aryl methyl sites for hydroxylation is 2. The largest absolute Gasteiger partial charge is 0.346 e. The number of carbonyl (C=O) groups excluding carboxylic acids is 2. The second kappa shape index (κ2) is 9.66. The van der Waals surface area contributed by atoms with Crippen molar-refractivity contribution in [2.75, 3.05) is 4.90 Å². The normalized spacial score (nSPS) is 12.0. The van der Waals surface area contributed by atoms with Gasteiger partial charge in [0.25, 0.3) is 0 Å². The van der Waals surface area contributed by atoms with Crippen LogP contribution in [0.2, 0.25) is 0 Å². The summed E-state index contributed by atoms with van der Waals surface area (Å²) in [4.78, 5) is 30.1. The lowest BCUT2D eigenvalue weighted by Gasteiger charge is -2.18. The van der Waals surface area contributed by atoms with E-state index in [0.29, 0.717) is 10.8 Å². The number of hydrogen-bond donors (Lipinski definition) is 1. The molecule has 0 saturated carbocycles. The Kier molecular flexibility index (Phi) is 6.97. The maximum absolute atomic E-state index is 14.2. The molecule has 0 radical (unpaired) electrons. The number of rotatable bonds is 6. The highest BCUT2D eigenvalue weighted by Gasteiger charge is 2.20. The van der Waals surface area contributed by atoms with Gasteiger partial charge in [-0.3, -0.25) is 14.5 Å². The van der Waals surface area contributed by atoms with Crippen molar-refractivity contribution in [2.24, 2.45) is 0 Å². The summed E-state index contributed by atoms with van der Waals surface area (Å²) in [5.41, 5.74) is 3.97. The Balaban J connectivity index is 1.72. The summed E-state index contributed by atoms with van der Waals surface area (Å²) < 4.78 is 14.2. The molecule has 1 heterocycles. The van der Waals surface area contributed by atoms with Gasteiger partial charge < -0.3 is 5.32 Å². The van der Waals surface area contributed by atoms with E-state index in [1.54, 1.807) is 23.6 Å². The lowest BCUT2D eigenvalue weighted by atomic mass is 10.00. The second-order valence-electron chi connectivity index (χ2n) is 7.28. The number of nitrogens with one attached hydrogen (secondary N) is 1. The molecular weight excluding hydrogens is 413 g/mol. The van der Waals surface area contributed by atoms with Crippen LogP contribution in [-0.4, -0.2) is 16.8 Å². The topological polar surface area (TPSA) is 62.3 Å². The molecule has 3 rings (SSSR count). The van der Waals surface area contributed by atoms with E-state index in [1.807, 2.05) is 32.9 Å². The van der Waals surface area contributed by atoms with E-state index < -0.39 is 5.82 Å². The smallest absolute Gasteiger partial charge is 0.244 e. The van der Waals surface area contributed by atoms with E-state index in [2.05, 4.69) is 16.4 Å². The number of hydrogen-bond acceptors (Lipinski definition) is 4. The van der Waals surface area contributed by atoms with E-state index in [9.17, 15) is 14.0 Å². The molecule has 2 aromatic carbocycles. The van der Waals surface area contributed by atoms with Crippen LogP contribution in [0.1, 0.15) is 42.3 Å². The molecule has 0 saturated heterocycles. The quantitative estimate of drug-likeness (QED) is 0.520. The summed E-state index contributed by atoms with van der Waals surface area (Å²) in [6.07, 6.45) is 2.98. The molecule has 0 spiro atoms. The zero-order valence-corrected chi connectivity index (χ0v) is 18.7. The second-order valence-corrected chi connectivity index (χ2v) is 8.12. The van der Waals surface area contributed by atoms with Crippen LogP contribution >= 0.6 is 11.3 Å². The van der Waals surface area contributed by atoms with Crippen molar-refractivity contribution in [1.29, 1.82) is 0 Å². The number of benzene rings is 2. The van der Waals surface area contributed by atoms with Gasteiger partial charge in [0.2, 0.25) is 11.8 Å². The Hall–Kier alpha value is -3.32. The molecule has 1 aromatic heterocycles. The molecule has 0 aliphatic heterocycles. The monoisotopic (exact) mass is 437 g/mol. The molecule has 0 fully saturated rings. The highest BCUT2D eigenvalue weighted by Crippen LogP contribution is 2.31.